The number of unbranched alkanes of at least 4 members (excludes halogenated alkanes) is 1. The molecule has 10 heteroatoms. The third kappa shape index (κ3) is 6.57. The number of halogens is 2. The number of aliphatic hydroxyl groups is 1. The number of ether oxygens (including phenoxy) is 1. The van der Waals surface area contributed by atoms with Crippen molar-refractivity contribution in [2.75, 3.05) is 31.3 Å². The Morgan fingerprint density at radius 2 is 1.90 bits per heavy atom. The molecule has 2 aromatic heterocycles. The van der Waals surface area contributed by atoms with E-state index < -0.39 is 5.92 Å². The first-order chi connectivity index (χ1) is 18.8. The molecule has 0 amide bonds. The van der Waals surface area contributed by atoms with Crippen molar-refractivity contribution in [1.29, 1.82) is 0 Å². The van der Waals surface area contributed by atoms with Crippen LogP contribution < -0.4 is 21.1 Å². The smallest absolute Gasteiger partial charge is 0.251 e. The van der Waals surface area contributed by atoms with Gasteiger partial charge in [0.05, 0.1) is 19.2 Å². The normalized spacial score (nSPS) is 14.6. The molecular formula is C29H38F2N6O2. The highest BCUT2D eigenvalue weighted by atomic mass is 19.3. The zero-order valence-corrected chi connectivity index (χ0v) is 22.8. The number of nitrogens with two attached hydrogens (primary N) is 1. The number of anilines is 2. The van der Waals surface area contributed by atoms with Gasteiger partial charge in [0.15, 0.2) is 5.82 Å². The predicted octanol–water partition coefficient (Wildman–Crippen LogP) is 5.32. The molecule has 1 fully saturated rings. The summed E-state index contributed by atoms with van der Waals surface area (Å²) in [5.41, 5.74) is 10.8. The van der Waals surface area contributed by atoms with Crippen molar-refractivity contribution in [1.82, 2.24) is 19.9 Å². The van der Waals surface area contributed by atoms with E-state index >= 15 is 0 Å². The number of aliphatic hydroxyl groups excluding tert-OH is 1. The fraction of sp³-hybridized carbons (Fsp3) is 0.448. The van der Waals surface area contributed by atoms with Crippen molar-refractivity contribution < 1.29 is 18.6 Å². The SMILES string of the molecule is CCCCNc1nc(N)nc2c3ccccc3n(Cc3cc(CNC4CC(F)(F)C4)ccc3OC)c12.CCO. The number of para-hydroxylation sites is 1. The predicted molar refractivity (Wildman–Crippen MR) is 153 cm³/mol. The first-order valence-corrected chi connectivity index (χ1v) is 13.5. The second kappa shape index (κ2) is 12.6. The lowest BCUT2D eigenvalue weighted by Crippen LogP contribution is -2.48. The minimum Gasteiger partial charge on any atom is -0.496 e. The third-order valence-electron chi connectivity index (χ3n) is 6.80. The number of methoxy groups -OCH3 is 1. The monoisotopic (exact) mass is 540 g/mol. The van der Waals surface area contributed by atoms with Crippen molar-refractivity contribution in [3.05, 3.63) is 53.6 Å². The molecule has 5 rings (SSSR count). The van der Waals surface area contributed by atoms with Crippen molar-refractivity contribution >= 4 is 33.7 Å². The van der Waals surface area contributed by atoms with E-state index in [2.05, 4.69) is 44.2 Å². The zero-order valence-electron chi connectivity index (χ0n) is 22.8. The van der Waals surface area contributed by atoms with E-state index in [1.165, 1.54) is 0 Å². The number of aromatic nitrogens is 3. The molecule has 210 valence electrons. The maximum atomic E-state index is 13.2. The molecule has 0 bridgehead atoms. The lowest BCUT2D eigenvalue weighted by atomic mass is 9.88. The van der Waals surface area contributed by atoms with Gasteiger partial charge >= 0.3 is 0 Å². The van der Waals surface area contributed by atoms with Crippen LogP contribution in [0.15, 0.2) is 42.5 Å². The minimum absolute atomic E-state index is 0.103. The molecule has 2 aromatic carbocycles. The number of hydrogen-bond donors (Lipinski definition) is 4. The lowest BCUT2D eigenvalue weighted by Gasteiger charge is -2.35. The molecular weight excluding hydrogens is 502 g/mol. The van der Waals surface area contributed by atoms with Crippen LogP contribution >= 0.6 is 0 Å². The Hall–Kier alpha value is -3.50. The quantitative estimate of drug-likeness (QED) is 0.202. The first kappa shape index (κ1) is 28.5. The summed E-state index contributed by atoms with van der Waals surface area (Å²) in [7, 11) is 1.65. The molecule has 0 unspecified atom stereocenters. The number of alkyl halides is 2. The molecule has 4 aromatic rings. The van der Waals surface area contributed by atoms with E-state index in [4.69, 9.17) is 15.6 Å². The Kier molecular flexibility index (Phi) is 9.19. The Labute approximate surface area is 227 Å². The van der Waals surface area contributed by atoms with Crippen molar-refractivity contribution in [2.24, 2.45) is 0 Å². The molecule has 2 heterocycles. The van der Waals surface area contributed by atoms with E-state index in [0.29, 0.717) is 18.9 Å². The van der Waals surface area contributed by atoms with Gasteiger partial charge in [0.1, 0.15) is 16.8 Å². The van der Waals surface area contributed by atoms with Crippen LogP contribution in [0.2, 0.25) is 0 Å². The molecule has 0 aliphatic heterocycles. The van der Waals surface area contributed by atoms with Gasteiger partial charge in [-0.1, -0.05) is 37.6 Å². The topological polar surface area (TPSA) is 110 Å². The summed E-state index contributed by atoms with van der Waals surface area (Å²) < 4.78 is 34.3. The molecule has 1 saturated carbocycles. The fourth-order valence-electron chi connectivity index (χ4n) is 4.92. The van der Waals surface area contributed by atoms with Crippen LogP contribution in [0.3, 0.4) is 0 Å². The highest BCUT2D eigenvalue weighted by Crippen LogP contribution is 2.38. The highest BCUT2D eigenvalue weighted by molar-refractivity contribution is 6.09. The molecule has 5 N–H and O–H groups in total. The fourth-order valence-corrected chi connectivity index (χ4v) is 4.92. The first-order valence-electron chi connectivity index (χ1n) is 13.5. The van der Waals surface area contributed by atoms with Crippen LogP contribution in [0.25, 0.3) is 21.9 Å². The van der Waals surface area contributed by atoms with Crippen molar-refractivity contribution in [3.63, 3.8) is 0 Å². The Balaban J connectivity index is 0.00000112. The van der Waals surface area contributed by atoms with Gasteiger partial charge in [0, 0.05) is 49.5 Å². The Bertz CT molecular complexity index is 1400. The summed E-state index contributed by atoms with van der Waals surface area (Å²) in [5, 5.41) is 15.3. The molecule has 0 atom stereocenters. The van der Waals surface area contributed by atoms with Gasteiger partial charge in [-0.2, -0.15) is 4.98 Å². The lowest BCUT2D eigenvalue weighted by molar-refractivity contribution is -0.0930. The maximum absolute atomic E-state index is 13.2. The number of hydrogen-bond acceptors (Lipinski definition) is 7. The van der Waals surface area contributed by atoms with Crippen LogP contribution in [0.1, 0.15) is 50.7 Å². The Morgan fingerprint density at radius 3 is 2.59 bits per heavy atom. The summed E-state index contributed by atoms with van der Waals surface area (Å²) in [4.78, 5) is 9.13. The van der Waals surface area contributed by atoms with Gasteiger partial charge in [0.2, 0.25) is 5.95 Å². The van der Waals surface area contributed by atoms with Crippen LogP contribution in [-0.4, -0.2) is 51.9 Å². The van der Waals surface area contributed by atoms with Gasteiger partial charge in [0.25, 0.3) is 5.92 Å². The Morgan fingerprint density at radius 1 is 1.15 bits per heavy atom. The standard InChI is InChI=1S/C27H32F2N6O.C2H6O/c1-3-4-11-31-25-24-23(33-26(30)34-25)20-7-5-6-8-21(20)35(24)16-18-12-17(9-10-22(18)36-2)15-32-19-13-27(28,29)14-19;1-2-3/h5-10,12,19,32H,3-4,11,13-16H2,1-2H3,(H3,30,31,33,34);3H,2H2,1H3. The number of nitrogen functional groups attached to an aromatic ring is 1. The average molecular weight is 541 g/mol. The van der Waals surface area contributed by atoms with Gasteiger partial charge in [-0.05, 0) is 37.1 Å². The third-order valence-corrected chi connectivity index (χ3v) is 6.80. The van der Waals surface area contributed by atoms with E-state index in [9.17, 15) is 8.78 Å². The van der Waals surface area contributed by atoms with E-state index in [-0.39, 0.29) is 31.4 Å². The van der Waals surface area contributed by atoms with E-state index in [0.717, 1.165) is 58.2 Å². The molecule has 1 aliphatic rings. The van der Waals surface area contributed by atoms with Gasteiger partial charge in [-0.25, -0.2) is 13.8 Å². The number of nitrogens with zero attached hydrogens (tertiary/aromatic N) is 3. The molecule has 39 heavy (non-hydrogen) atoms. The summed E-state index contributed by atoms with van der Waals surface area (Å²) in [5.74, 6) is -0.827. The summed E-state index contributed by atoms with van der Waals surface area (Å²) >= 11 is 0. The summed E-state index contributed by atoms with van der Waals surface area (Å²) in [6, 6.07) is 13.9. The van der Waals surface area contributed by atoms with Crippen LogP contribution in [0.5, 0.6) is 5.75 Å². The van der Waals surface area contributed by atoms with Crippen LogP contribution in [-0.2, 0) is 13.1 Å². The van der Waals surface area contributed by atoms with Crippen LogP contribution in [0, 0.1) is 0 Å². The zero-order chi connectivity index (χ0) is 28.0. The van der Waals surface area contributed by atoms with Crippen LogP contribution in [0.4, 0.5) is 20.5 Å². The molecule has 0 spiro atoms. The summed E-state index contributed by atoms with van der Waals surface area (Å²) in [6.07, 6.45) is 1.88. The van der Waals surface area contributed by atoms with E-state index in [1.54, 1.807) is 14.0 Å². The molecule has 0 radical (unpaired) electrons. The number of benzene rings is 2. The number of fused-ring (bicyclic) bond motifs is 3. The van der Waals surface area contributed by atoms with Crippen molar-refractivity contribution in [2.45, 2.75) is 64.6 Å². The van der Waals surface area contributed by atoms with E-state index in [1.807, 2.05) is 30.3 Å². The number of rotatable bonds is 10. The van der Waals surface area contributed by atoms with Gasteiger partial charge in [-0.15, -0.1) is 0 Å². The average Bonchev–Trinajstić information content (AvgIpc) is 3.20. The molecule has 1 aliphatic carbocycles. The second-order valence-electron chi connectivity index (χ2n) is 9.82. The maximum Gasteiger partial charge on any atom is 0.251 e. The molecule has 0 saturated heterocycles. The van der Waals surface area contributed by atoms with Crippen molar-refractivity contribution in [3.8, 4) is 5.75 Å². The second-order valence-corrected chi connectivity index (χ2v) is 9.82. The molecule has 8 nitrogen and oxygen atoms in total. The van der Waals surface area contributed by atoms with Gasteiger partial charge in [-0.3, -0.25) is 0 Å². The van der Waals surface area contributed by atoms with Gasteiger partial charge < -0.3 is 30.8 Å². The summed E-state index contributed by atoms with van der Waals surface area (Å²) in [6.45, 7) is 5.91. The highest BCUT2D eigenvalue weighted by Gasteiger charge is 2.44. The minimum atomic E-state index is -2.53. The number of nitrogens with one attached hydrogen (secondary N) is 2. The largest absolute Gasteiger partial charge is 0.496 e.